The Hall–Kier alpha value is -13.1. The fraction of sp³-hybridized carbons (Fsp3) is 0.0297. The first-order valence-corrected chi connectivity index (χ1v) is 36.3. The topological polar surface area (TPSA) is 9.86 Å². The summed E-state index contributed by atoms with van der Waals surface area (Å²) in [5, 5.41) is 9.99. The van der Waals surface area contributed by atoms with Crippen LogP contribution in [-0.2, 0) is 16.2 Å². The molecule has 19 aromatic rings. The van der Waals surface area contributed by atoms with Crippen LogP contribution in [0.2, 0.25) is 0 Å². The average Bonchev–Trinajstić information content (AvgIpc) is 1.53. The quantitative estimate of drug-likeness (QED) is 0.156. The molecule has 2 atom stereocenters. The van der Waals surface area contributed by atoms with Gasteiger partial charge < -0.3 is 9.13 Å². The molecule has 3 spiro atoms. The first kappa shape index (κ1) is 54.7. The zero-order valence-corrected chi connectivity index (χ0v) is 55.9. The van der Waals surface area contributed by atoms with Gasteiger partial charge in [-0.3, -0.25) is 0 Å². The van der Waals surface area contributed by atoms with Gasteiger partial charge in [0, 0.05) is 21.5 Å². The Bertz CT molecular complexity index is 6770. The smallest absolute Gasteiger partial charge is 0.0754 e. The summed E-state index contributed by atoms with van der Waals surface area (Å²) in [7, 11) is 0. The molecule has 6 aliphatic rings. The second kappa shape index (κ2) is 19.2. The standard InChI is InChI=1S/C101H58N2/c1-8-42-77-61(26-1)62-27-2-9-43-78(62)99(77)79-44-10-5-32-73(79)96-74(41-25-51-86(96)99)93-67-35-19-33-59(65-37-21-49-84-94(65)71-30-3-11-45-80(71)100(84)82-47-13-17-56-91(82)102-89-54-15-6-28-63(89)69-39-23-52-87(100)97(69)102)75(67)58-76-60(34-20-36-68(76)93)66-38-22-50-85-95(66)72-31-4-12-46-81(72)101(85)83-48-14-18-57-92(83)103-90-55-16-7-29-64(90)70-40-24-53-88(101)98(70)103/h1-58H. The van der Waals surface area contributed by atoms with Gasteiger partial charge in [-0.05, 0) is 197 Å². The zero-order valence-electron chi connectivity index (χ0n) is 55.9. The summed E-state index contributed by atoms with van der Waals surface area (Å²) in [5.74, 6) is 0. The summed E-state index contributed by atoms with van der Waals surface area (Å²) in [4.78, 5) is 0. The van der Waals surface area contributed by atoms with Crippen molar-refractivity contribution in [2.75, 3.05) is 0 Å². The van der Waals surface area contributed by atoms with Gasteiger partial charge in [-0.15, -0.1) is 0 Å². The minimum Gasteiger partial charge on any atom is -0.309 e. The molecule has 17 aromatic carbocycles. The Balaban J connectivity index is 0.804. The first-order chi connectivity index (χ1) is 51.2. The van der Waals surface area contributed by atoms with Crippen molar-refractivity contribution in [1.29, 1.82) is 0 Å². The monoisotopic (exact) mass is 1300 g/mol. The molecule has 103 heavy (non-hydrogen) atoms. The van der Waals surface area contributed by atoms with Crippen molar-refractivity contribution in [3.05, 3.63) is 419 Å². The zero-order chi connectivity index (χ0) is 66.8. The van der Waals surface area contributed by atoms with Gasteiger partial charge in [-0.25, -0.2) is 0 Å². The van der Waals surface area contributed by atoms with E-state index in [9.17, 15) is 0 Å². The third kappa shape index (κ3) is 6.24. The van der Waals surface area contributed by atoms with Gasteiger partial charge in [0.2, 0.25) is 0 Å². The van der Waals surface area contributed by atoms with Crippen molar-refractivity contribution in [3.63, 3.8) is 0 Å². The Morgan fingerprint density at radius 2 is 0.427 bits per heavy atom. The van der Waals surface area contributed by atoms with E-state index in [4.69, 9.17) is 0 Å². The summed E-state index contributed by atoms with van der Waals surface area (Å²) in [6, 6.07) is 136. The van der Waals surface area contributed by atoms with Gasteiger partial charge in [-0.2, -0.15) is 0 Å². The molecule has 472 valence electrons. The fourth-order valence-electron chi connectivity index (χ4n) is 21.9. The Morgan fingerprint density at radius 1 is 0.155 bits per heavy atom. The summed E-state index contributed by atoms with van der Waals surface area (Å²) in [6.45, 7) is 0. The van der Waals surface area contributed by atoms with Gasteiger partial charge in [0.05, 0.1) is 49.7 Å². The van der Waals surface area contributed by atoms with Crippen molar-refractivity contribution >= 4 is 65.2 Å². The largest absolute Gasteiger partial charge is 0.309 e. The van der Waals surface area contributed by atoms with E-state index in [1.807, 2.05) is 0 Å². The summed E-state index contributed by atoms with van der Waals surface area (Å²) in [6.07, 6.45) is 0. The molecule has 2 unspecified atom stereocenters. The lowest BCUT2D eigenvalue weighted by Gasteiger charge is -2.39. The third-order valence-electron chi connectivity index (χ3n) is 25.3. The van der Waals surface area contributed by atoms with Crippen molar-refractivity contribution in [2.45, 2.75) is 16.2 Å². The highest BCUT2D eigenvalue weighted by atomic mass is 15.0. The normalized spacial score (nSPS) is 16.5. The van der Waals surface area contributed by atoms with Gasteiger partial charge >= 0.3 is 0 Å². The lowest BCUT2D eigenvalue weighted by Crippen LogP contribution is -2.33. The number of nitrogens with zero attached hydrogens (tertiary/aromatic N) is 2. The maximum Gasteiger partial charge on any atom is 0.0754 e. The van der Waals surface area contributed by atoms with Crippen LogP contribution < -0.4 is 0 Å². The average molecular weight is 1300 g/mol. The molecule has 0 fully saturated rings. The van der Waals surface area contributed by atoms with Crippen LogP contribution in [0.1, 0.15) is 66.8 Å². The van der Waals surface area contributed by atoms with Crippen LogP contribution in [0.4, 0.5) is 0 Å². The van der Waals surface area contributed by atoms with E-state index >= 15 is 0 Å². The molecule has 0 N–H and O–H groups in total. The molecule has 2 aliphatic heterocycles. The first-order valence-electron chi connectivity index (χ1n) is 36.3. The fourth-order valence-corrected chi connectivity index (χ4v) is 21.9. The predicted molar refractivity (Wildman–Crippen MR) is 424 cm³/mol. The lowest BCUT2D eigenvalue weighted by atomic mass is 9.65. The lowest BCUT2D eigenvalue weighted by molar-refractivity contribution is 0.748. The van der Waals surface area contributed by atoms with Gasteiger partial charge in [0.25, 0.3) is 0 Å². The van der Waals surface area contributed by atoms with Crippen LogP contribution in [0.25, 0.3) is 154 Å². The van der Waals surface area contributed by atoms with Crippen molar-refractivity contribution in [1.82, 2.24) is 9.13 Å². The number of hydrogen-bond acceptors (Lipinski definition) is 0. The van der Waals surface area contributed by atoms with Gasteiger partial charge in [0.15, 0.2) is 0 Å². The van der Waals surface area contributed by atoms with E-state index in [0.29, 0.717) is 0 Å². The predicted octanol–water partition coefficient (Wildman–Crippen LogP) is 24.9. The number of rotatable bonds is 3. The molecule has 0 bridgehead atoms. The molecule has 2 aromatic heterocycles. The number of para-hydroxylation sites is 6. The van der Waals surface area contributed by atoms with E-state index in [2.05, 4.69) is 361 Å². The van der Waals surface area contributed by atoms with Crippen LogP contribution in [-0.4, -0.2) is 9.13 Å². The van der Waals surface area contributed by atoms with Crippen LogP contribution >= 0.6 is 0 Å². The maximum atomic E-state index is 2.61. The number of benzene rings is 17. The third-order valence-corrected chi connectivity index (χ3v) is 25.3. The van der Waals surface area contributed by atoms with Crippen LogP contribution in [0.15, 0.2) is 352 Å². The molecular formula is C101H58N2. The van der Waals surface area contributed by atoms with Crippen molar-refractivity contribution in [2.24, 2.45) is 0 Å². The molecule has 4 aliphatic carbocycles. The molecule has 0 saturated carbocycles. The van der Waals surface area contributed by atoms with Crippen LogP contribution in [0, 0.1) is 0 Å². The second-order valence-corrected chi connectivity index (χ2v) is 29.4. The molecule has 2 nitrogen and oxygen atoms in total. The number of fused-ring (bicyclic) bond motifs is 36. The maximum absolute atomic E-state index is 2.61. The summed E-state index contributed by atoms with van der Waals surface area (Å²) in [5.41, 5.74) is 39.2. The molecule has 25 rings (SSSR count). The SMILES string of the molecule is c1ccc2c(c1)-c1ccccc1C21c2ccccc2-c2c(-c3c4cccc(-c5cccc6c5-c5ccccc5C65c6ccccc6-n6c7ccccc7c7cccc5c76)c4cc4c(-c5cccc6c5-c5ccccc5C65c6ccccc6-n6c7ccccc7c7cccc5c76)cccc34)cccc21. The minimum atomic E-state index is -0.619. The van der Waals surface area contributed by atoms with E-state index < -0.39 is 16.2 Å². The number of aromatic nitrogens is 2. The second-order valence-electron chi connectivity index (χ2n) is 29.4. The summed E-state index contributed by atoms with van der Waals surface area (Å²) >= 11 is 0. The van der Waals surface area contributed by atoms with Gasteiger partial charge in [-0.1, -0.05) is 322 Å². The van der Waals surface area contributed by atoms with Crippen molar-refractivity contribution < 1.29 is 0 Å². The highest BCUT2D eigenvalue weighted by Crippen LogP contribution is 2.68. The van der Waals surface area contributed by atoms with Crippen molar-refractivity contribution in [3.8, 4) is 89.3 Å². The highest BCUT2D eigenvalue weighted by Gasteiger charge is 2.55. The molecule has 2 heteroatoms. The van der Waals surface area contributed by atoms with E-state index in [-0.39, 0.29) is 0 Å². The molecular weight excluding hydrogens is 1240 g/mol. The van der Waals surface area contributed by atoms with E-state index in [1.165, 1.54) is 221 Å². The molecule has 0 saturated heterocycles. The van der Waals surface area contributed by atoms with E-state index in [0.717, 1.165) is 0 Å². The minimum absolute atomic E-state index is 0.527. The van der Waals surface area contributed by atoms with Crippen LogP contribution in [0.5, 0.6) is 0 Å². The molecule has 4 heterocycles. The molecule has 0 radical (unpaired) electrons. The van der Waals surface area contributed by atoms with E-state index in [1.54, 1.807) is 0 Å². The Morgan fingerprint density at radius 3 is 0.874 bits per heavy atom. The van der Waals surface area contributed by atoms with Gasteiger partial charge in [0.1, 0.15) is 0 Å². The molecule has 0 amide bonds. The Kier molecular flexibility index (Phi) is 10.2. The Labute approximate surface area is 594 Å². The highest BCUT2D eigenvalue weighted by molar-refractivity contribution is 6.23. The number of hydrogen-bond donors (Lipinski definition) is 0. The summed E-state index contributed by atoms with van der Waals surface area (Å²) < 4.78 is 5.11. The van der Waals surface area contributed by atoms with Crippen LogP contribution in [0.3, 0.4) is 0 Å².